The minimum atomic E-state index is 0.104. The fraction of sp³-hybridized carbons (Fsp3) is 0.261. The van der Waals surface area contributed by atoms with E-state index in [-0.39, 0.29) is 11.9 Å². The summed E-state index contributed by atoms with van der Waals surface area (Å²) in [5.41, 5.74) is 8.53. The zero-order chi connectivity index (χ0) is 20.5. The highest BCUT2D eigenvalue weighted by Gasteiger charge is 2.31. The highest BCUT2D eigenvalue weighted by molar-refractivity contribution is 7.16. The Kier molecular flexibility index (Phi) is 4.96. The molecule has 1 amide bonds. The molecule has 0 saturated heterocycles. The summed E-state index contributed by atoms with van der Waals surface area (Å²) in [6.07, 6.45) is 5.00. The third-order valence-corrected chi connectivity index (χ3v) is 6.44. The summed E-state index contributed by atoms with van der Waals surface area (Å²) in [5.74, 6) is 0.104. The van der Waals surface area contributed by atoms with Crippen LogP contribution in [-0.4, -0.2) is 27.3 Å². The number of carbonyl (C=O) groups is 1. The number of fused-ring (bicyclic) bond motifs is 1. The molecular formula is C23H22N5OS+. The van der Waals surface area contributed by atoms with E-state index in [0.29, 0.717) is 6.42 Å². The van der Waals surface area contributed by atoms with Crippen LogP contribution in [0, 0.1) is 0 Å². The van der Waals surface area contributed by atoms with Crippen LogP contribution in [-0.2, 0) is 4.79 Å². The molecule has 1 aromatic heterocycles. The van der Waals surface area contributed by atoms with Crippen LogP contribution < -0.4 is 5.32 Å². The molecule has 6 nitrogen and oxygen atoms in total. The third-order valence-electron chi connectivity index (χ3n) is 5.64. The lowest BCUT2D eigenvalue weighted by molar-refractivity contribution is -0.441. The summed E-state index contributed by atoms with van der Waals surface area (Å²) < 4.78 is 3.14. The standard InChI is InChI=1S/C23H21N5OS/c1-2-23(29)26-18-8-9-19(12-18)28-21(13-25-27-28)16-5-3-15(4-6-16)17-7-10-20-22(11-17)30-14-24-20/h3-7,10-11,13-14,18H,2,8-9,12H2,1H3/p+1/b28-19-/t18-/m0/s1. The van der Waals surface area contributed by atoms with E-state index in [1.165, 1.54) is 21.5 Å². The number of carbonyl (C=O) groups excluding carboxylic acids is 1. The Morgan fingerprint density at radius 2 is 1.97 bits per heavy atom. The summed E-state index contributed by atoms with van der Waals surface area (Å²) >= 11 is 1.66. The number of thiazole rings is 1. The van der Waals surface area contributed by atoms with Gasteiger partial charge in [-0.2, -0.15) is 0 Å². The van der Waals surface area contributed by atoms with Crippen LogP contribution in [0.3, 0.4) is 0 Å². The molecule has 0 spiro atoms. The van der Waals surface area contributed by atoms with Crippen molar-refractivity contribution in [2.75, 3.05) is 0 Å². The van der Waals surface area contributed by atoms with Crippen LogP contribution in [0.4, 0.5) is 0 Å². The van der Waals surface area contributed by atoms with E-state index in [0.717, 1.165) is 36.0 Å². The second kappa shape index (κ2) is 7.91. The van der Waals surface area contributed by atoms with E-state index < -0.39 is 0 Å². The fourth-order valence-corrected chi connectivity index (χ4v) is 4.72. The molecule has 3 aromatic rings. The zero-order valence-corrected chi connectivity index (χ0v) is 17.5. The number of benzene rings is 2. The molecule has 1 aliphatic heterocycles. The number of rotatable bonds is 4. The molecule has 2 aromatic carbocycles. The van der Waals surface area contributed by atoms with Crippen LogP contribution in [0.2, 0.25) is 0 Å². The minimum absolute atomic E-state index is 0.104. The van der Waals surface area contributed by atoms with Crippen molar-refractivity contribution in [1.82, 2.24) is 10.3 Å². The van der Waals surface area contributed by atoms with Crippen molar-refractivity contribution in [3.8, 4) is 11.1 Å². The zero-order valence-electron chi connectivity index (χ0n) is 16.7. The van der Waals surface area contributed by atoms with Gasteiger partial charge in [-0.3, -0.25) is 4.79 Å². The second-order valence-corrected chi connectivity index (χ2v) is 8.46. The van der Waals surface area contributed by atoms with Gasteiger partial charge in [-0.1, -0.05) is 29.8 Å². The molecule has 150 valence electrons. The Morgan fingerprint density at radius 3 is 2.80 bits per heavy atom. The number of aromatic nitrogens is 1. The van der Waals surface area contributed by atoms with E-state index >= 15 is 0 Å². The van der Waals surface area contributed by atoms with E-state index in [1.807, 2.05) is 23.3 Å². The molecule has 0 radical (unpaired) electrons. The first-order valence-electron chi connectivity index (χ1n) is 10.2. The Morgan fingerprint density at radius 1 is 1.17 bits per heavy atom. The quantitative estimate of drug-likeness (QED) is 0.596. The summed E-state index contributed by atoms with van der Waals surface area (Å²) in [5, 5.41) is 11.6. The summed E-state index contributed by atoms with van der Waals surface area (Å²) in [6, 6.07) is 15.1. The molecule has 30 heavy (non-hydrogen) atoms. The molecule has 1 aliphatic carbocycles. The van der Waals surface area contributed by atoms with E-state index in [4.69, 9.17) is 0 Å². The Labute approximate surface area is 178 Å². The molecule has 5 rings (SSSR count). The first-order chi connectivity index (χ1) is 14.7. The molecule has 2 heterocycles. The van der Waals surface area contributed by atoms with Crippen molar-refractivity contribution in [1.29, 1.82) is 0 Å². The van der Waals surface area contributed by atoms with Crippen molar-refractivity contribution < 1.29 is 9.48 Å². The SMILES string of the molecule is CCC(=O)N[C@H]1CC/C(=[N+]2/N=NC=C2c2ccc(-c3ccc4ncsc4c3)cc2)C1. The number of amides is 1. The van der Waals surface area contributed by atoms with Crippen LogP contribution in [0.1, 0.15) is 38.2 Å². The summed E-state index contributed by atoms with van der Waals surface area (Å²) in [4.78, 5) is 16.0. The molecule has 2 aliphatic rings. The van der Waals surface area contributed by atoms with Gasteiger partial charge in [-0.05, 0) is 41.8 Å². The molecule has 0 unspecified atom stereocenters. The monoisotopic (exact) mass is 416 g/mol. The van der Waals surface area contributed by atoms with Gasteiger partial charge >= 0.3 is 0 Å². The second-order valence-electron chi connectivity index (χ2n) is 7.57. The van der Waals surface area contributed by atoms with E-state index in [2.05, 4.69) is 63.1 Å². The minimum Gasteiger partial charge on any atom is -0.353 e. The highest BCUT2D eigenvalue weighted by atomic mass is 32.1. The van der Waals surface area contributed by atoms with Crippen LogP contribution in [0.5, 0.6) is 0 Å². The smallest absolute Gasteiger partial charge is 0.219 e. The largest absolute Gasteiger partial charge is 0.353 e. The van der Waals surface area contributed by atoms with Gasteiger partial charge in [0.05, 0.1) is 20.8 Å². The highest BCUT2D eigenvalue weighted by Crippen LogP contribution is 2.30. The van der Waals surface area contributed by atoms with Crippen molar-refractivity contribution in [2.45, 2.75) is 38.6 Å². The van der Waals surface area contributed by atoms with Gasteiger partial charge in [0.25, 0.3) is 0 Å². The fourth-order valence-electron chi connectivity index (χ4n) is 4.01. The maximum atomic E-state index is 11.7. The van der Waals surface area contributed by atoms with Crippen molar-refractivity contribution in [3.63, 3.8) is 0 Å². The van der Waals surface area contributed by atoms with Crippen molar-refractivity contribution >= 4 is 38.9 Å². The van der Waals surface area contributed by atoms with E-state index in [1.54, 1.807) is 11.3 Å². The normalized spacial score (nSPS) is 20.7. The van der Waals surface area contributed by atoms with Crippen molar-refractivity contribution in [2.24, 2.45) is 10.3 Å². The summed E-state index contributed by atoms with van der Waals surface area (Å²) in [7, 11) is 0. The molecule has 1 fully saturated rings. The molecule has 1 saturated carbocycles. The summed E-state index contributed by atoms with van der Waals surface area (Å²) in [6.45, 7) is 1.88. The maximum absolute atomic E-state index is 11.7. The van der Waals surface area contributed by atoms with Gasteiger partial charge in [0.1, 0.15) is 10.9 Å². The Balaban J connectivity index is 1.37. The topological polar surface area (TPSA) is 69.7 Å². The van der Waals surface area contributed by atoms with Gasteiger partial charge in [0.15, 0.2) is 0 Å². The molecule has 7 heteroatoms. The predicted octanol–water partition coefficient (Wildman–Crippen LogP) is 5.17. The van der Waals surface area contributed by atoms with Crippen LogP contribution in [0.15, 0.2) is 64.5 Å². The Hall–Kier alpha value is -3.19. The van der Waals surface area contributed by atoms with Crippen LogP contribution >= 0.6 is 11.3 Å². The lowest BCUT2D eigenvalue weighted by Gasteiger charge is -2.09. The van der Waals surface area contributed by atoms with E-state index in [9.17, 15) is 4.79 Å². The average molecular weight is 417 g/mol. The van der Waals surface area contributed by atoms with Gasteiger partial charge in [0.2, 0.25) is 17.8 Å². The first-order valence-corrected chi connectivity index (χ1v) is 11.1. The lowest BCUT2D eigenvalue weighted by Crippen LogP contribution is -2.32. The van der Waals surface area contributed by atoms with Crippen molar-refractivity contribution in [3.05, 3.63) is 59.7 Å². The predicted molar refractivity (Wildman–Crippen MR) is 119 cm³/mol. The number of nitrogens with one attached hydrogen (secondary N) is 1. The third kappa shape index (κ3) is 3.57. The number of nitrogens with zero attached hydrogens (tertiary/aromatic N) is 4. The molecule has 1 atom stereocenters. The van der Waals surface area contributed by atoms with Gasteiger partial charge in [0, 0.05) is 30.9 Å². The molecular weight excluding hydrogens is 394 g/mol. The first kappa shape index (κ1) is 18.8. The Bertz CT molecular complexity index is 1210. The van der Waals surface area contributed by atoms with Gasteiger partial charge < -0.3 is 5.32 Å². The number of hydrogen-bond acceptors (Lipinski definition) is 5. The molecule has 1 N–H and O–H groups in total. The average Bonchev–Trinajstić information content (AvgIpc) is 3.53. The molecule has 0 bridgehead atoms. The number of hydrogen-bond donors (Lipinski definition) is 1. The maximum Gasteiger partial charge on any atom is 0.219 e. The lowest BCUT2D eigenvalue weighted by atomic mass is 10.0. The van der Waals surface area contributed by atoms with Crippen LogP contribution in [0.25, 0.3) is 27.0 Å². The van der Waals surface area contributed by atoms with Gasteiger partial charge in [-0.15, -0.1) is 11.3 Å². The van der Waals surface area contributed by atoms with Gasteiger partial charge in [-0.25, -0.2) is 4.98 Å².